The van der Waals surface area contributed by atoms with E-state index in [4.69, 9.17) is 14.6 Å². The summed E-state index contributed by atoms with van der Waals surface area (Å²) in [7, 11) is 0. The number of nitrogens with one attached hydrogen (secondary N) is 1. The predicted molar refractivity (Wildman–Crippen MR) is 52.0 cm³/mol. The fourth-order valence-electron chi connectivity index (χ4n) is 0.863. The van der Waals surface area contributed by atoms with E-state index in [9.17, 15) is 4.79 Å². The fourth-order valence-corrected chi connectivity index (χ4v) is 0.863. The summed E-state index contributed by atoms with van der Waals surface area (Å²) >= 11 is 0. The molecule has 5 nitrogen and oxygen atoms in total. The molecule has 2 N–H and O–H groups in total. The van der Waals surface area contributed by atoms with Crippen LogP contribution in [-0.2, 0) is 9.47 Å². The molecule has 0 aliphatic carbocycles. The third kappa shape index (κ3) is 7.82. The Bertz CT molecular complexity index is 172. The van der Waals surface area contributed by atoms with E-state index in [-0.39, 0.29) is 0 Å². The van der Waals surface area contributed by atoms with Gasteiger partial charge in [0, 0.05) is 0 Å². The molecule has 5 heteroatoms. The minimum absolute atomic E-state index is 0.403. The standard InChI is InChI=1S/C9H19NO4/c1-6(2)5-13-8(4)14-7(3)10-9(11)12/h6-8,10H,5H2,1-4H3,(H,11,12). The van der Waals surface area contributed by atoms with E-state index < -0.39 is 18.6 Å². The van der Waals surface area contributed by atoms with Crippen LogP contribution in [0.15, 0.2) is 0 Å². The van der Waals surface area contributed by atoms with Crippen LogP contribution in [0, 0.1) is 5.92 Å². The molecule has 0 radical (unpaired) electrons. The van der Waals surface area contributed by atoms with Crippen molar-refractivity contribution in [1.29, 1.82) is 0 Å². The van der Waals surface area contributed by atoms with E-state index >= 15 is 0 Å². The maximum absolute atomic E-state index is 10.2. The summed E-state index contributed by atoms with van der Waals surface area (Å²) in [5.41, 5.74) is 0. The second-order valence-corrected chi connectivity index (χ2v) is 3.52. The van der Waals surface area contributed by atoms with Gasteiger partial charge in [0.15, 0.2) is 6.29 Å². The lowest BCUT2D eigenvalue weighted by molar-refractivity contribution is -0.165. The first-order chi connectivity index (χ1) is 6.41. The van der Waals surface area contributed by atoms with Crippen molar-refractivity contribution in [2.75, 3.05) is 6.61 Å². The molecule has 1 amide bonds. The highest BCUT2D eigenvalue weighted by Crippen LogP contribution is 2.01. The third-order valence-corrected chi connectivity index (χ3v) is 1.39. The Balaban J connectivity index is 3.59. The molecule has 0 spiro atoms. The molecule has 0 aromatic carbocycles. The van der Waals surface area contributed by atoms with E-state index in [1.165, 1.54) is 0 Å². The zero-order chi connectivity index (χ0) is 11.1. The summed E-state index contributed by atoms with van der Waals surface area (Å²) < 4.78 is 10.5. The zero-order valence-electron chi connectivity index (χ0n) is 9.11. The lowest BCUT2D eigenvalue weighted by atomic mass is 10.2. The number of amides is 1. The molecule has 0 saturated heterocycles. The number of hydrogen-bond donors (Lipinski definition) is 2. The van der Waals surface area contributed by atoms with Crippen LogP contribution >= 0.6 is 0 Å². The summed E-state index contributed by atoms with van der Waals surface area (Å²) in [6, 6.07) is 0. The molecule has 84 valence electrons. The van der Waals surface area contributed by atoms with Gasteiger partial charge in [-0.2, -0.15) is 0 Å². The van der Waals surface area contributed by atoms with Gasteiger partial charge in [-0.25, -0.2) is 4.79 Å². The highest BCUT2D eigenvalue weighted by molar-refractivity contribution is 5.64. The van der Waals surface area contributed by atoms with Crippen LogP contribution in [0.25, 0.3) is 0 Å². The average Bonchev–Trinajstić information content (AvgIpc) is 1.98. The van der Waals surface area contributed by atoms with Crippen molar-refractivity contribution in [1.82, 2.24) is 5.32 Å². The molecule has 0 fully saturated rings. The highest BCUT2D eigenvalue weighted by Gasteiger charge is 2.10. The number of ether oxygens (including phenoxy) is 2. The summed E-state index contributed by atoms with van der Waals surface area (Å²) in [6.45, 7) is 8.02. The summed E-state index contributed by atoms with van der Waals surface area (Å²) in [5.74, 6) is 0.434. The van der Waals surface area contributed by atoms with Crippen molar-refractivity contribution >= 4 is 6.09 Å². The molecular weight excluding hydrogens is 186 g/mol. The molecule has 14 heavy (non-hydrogen) atoms. The second-order valence-electron chi connectivity index (χ2n) is 3.52. The monoisotopic (exact) mass is 205 g/mol. The van der Waals surface area contributed by atoms with Crippen molar-refractivity contribution < 1.29 is 19.4 Å². The quantitative estimate of drug-likeness (QED) is 0.647. The summed E-state index contributed by atoms with van der Waals surface area (Å²) in [4.78, 5) is 10.2. The van der Waals surface area contributed by atoms with Crippen molar-refractivity contribution in [3.05, 3.63) is 0 Å². The molecule has 0 aromatic rings. The van der Waals surface area contributed by atoms with Gasteiger partial charge in [-0.15, -0.1) is 0 Å². The molecule has 0 saturated carbocycles. The van der Waals surface area contributed by atoms with Crippen molar-refractivity contribution in [3.8, 4) is 0 Å². The van der Waals surface area contributed by atoms with Crippen LogP contribution in [0.1, 0.15) is 27.7 Å². The molecule has 2 atom stereocenters. The normalized spacial score (nSPS) is 15.2. The van der Waals surface area contributed by atoms with E-state index in [1.807, 2.05) is 13.8 Å². The first-order valence-electron chi connectivity index (χ1n) is 4.68. The van der Waals surface area contributed by atoms with Crippen LogP contribution in [0.5, 0.6) is 0 Å². The van der Waals surface area contributed by atoms with Crippen molar-refractivity contribution in [2.24, 2.45) is 5.92 Å². The number of carbonyl (C=O) groups is 1. The molecule has 0 rings (SSSR count). The Labute approximate surface area is 84.4 Å². The Morgan fingerprint density at radius 3 is 2.36 bits per heavy atom. The number of rotatable bonds is 6. The van der Waals surface area contributed by atoms with Gasteiger partial charge >= 0.3 is 6.09 Å². The first kappa shape index (κ1) is 13.2. The lowest BCUT2D eigenvalue weighted by Gasteiger charge is -2.20. The minimum atomic E-state index is -1.10. The third-order valence-electron chi connectivity index (χ3n) is 1.39. The molecule has 2 unspecified atom stereocenters. The minimum Gasteiger partial charge on any atom is -0.465 e. The maximum Gasteiger partial charge on any atom is 0.406 e. The van der Waals surface area contributed by atoms with E-state index in [2.05, 4.69) is 5.32 Å². The van der Waals surface area contributed by atoms with Gasteiger partial charge < -0.3 is 14.6 Å². The number of carboxylic acid groups (broad SMARTS) is 1. The molecule has 0 aliphatic heterocycles. The topological polar surface area (TPSA) is 67.8 Å². The molecule has 0 heterocycles. The van der Waals surface area contributed by atoms with Crippen LogP contribution in [-0.4, -0.2) is 30.3 Å². The van der Waals surface area contributed by atoms with Crippen molar-refractivity contribution in [3.63, 3.8) is 0 Å². The molecule has 0 bridgehead atoms. The Kier molecular flexibility index (Phi) is 6.23. The van der Waals surface area contributed by atoms with Gasteiger partial charge in [0.25, 0.3) is 0 Å². The Morgan fingerprint density at radius 2 is 1.93 bits per heavy atom. The summed E-state index contributed by atoms with van der Waals surface area (Å²) in [5, 5.41) is 10.6. The average molecular weight is 205 g/mol. The van der Waals surface area contributed by atoms with Crippen molar-refractivity contribution in [2.45, 2.75) is 40.2 Å². The van der Waals surface area contributed by atoms with E-state index in [0.717, 1.165) is 0 Å². The van der Waals surface area contributed by atoms with E-state index in [1.54, 1.807) is 13.8 Å². The second kappa shape index (κ2) is 6.62. The van der Waals surface area contributed by atoms with E-state index in [0.29, 0.717) is 12.5 Å². The lowest BCUT2D eigenvalue weighted by Crippen LogP contribution is -2.36. The molecular formula is C9H19NO4. The molecule has 0 aromatic heterocycles. The highest BCUT2D eigenvalue weighted by atomic mass is 16.7. The molecule has 0 aliphatic rings. The van der Waals surface area contributed by atoms with Crippen LogP contribution < -0.4 is 5.32 Å². The number of hydrogen-bond acceptors (Lipinski definition) is 3. The Hall–Kier alpha value is -0.810. The van der Waals surface area contributed by atoms with Gasteiger partial charge in [-0.05, 0) is 19.8 Å². The Morgan fingerprint density at radius 1 is 1.36 bits per heavy atom. The van der Waals surface area contributed by atoms with Crippen LogP contribution in [0.4, 0.5) is 4.79 Å². The van der Waals surface area contributed by atoms with Gasteiger partial charge in [-0.1, -0.05) is 13.8 Å². The summed E-state index contributed by atoms with van der Waals surface area (Å²) in [6.07, 6.45) is -2.07. The van der Waals surface area contributed by atoms with Gasteiger partial charge in [0.1, 0.15) is 6.23 Å². The van der Waals surface area contributed by atoms with Gasteiger partial charge in [-0.3, -0.25) is 5.32 Å². The SMILES string of the molecule is CC(C)COC(C)OC(C)NC(=O)O. The maximum atomic E-state index is 10.2. The van der Waals surface area contributed by atoms with Crippen LogP contribution in [0.2, 0.25) is 0 Å². The predicted octanol–water partition coefficient (Wildman–Crippen LogP) is 1.64. The van der Waals surface area contributed by atoms with Crippen LogP contribution in [0.3, 0.4) is 0 Å². The van der Waals surface area contributed by atoms with Gasteiger partial charge in [0.2, 0.25) is 0 Å². The smallest absolute Gasteiger partial charge is 0.406 e. The van der Waals surface area contributed by atoms with Gasteiger partial charge in [0.05, 0.1) is 6.61 Å². The fraction of sp³-hybridized carbons (Fsp3) is 0.889. The largest absolute Gasteiger partial charge is 0.465 e. The first-order valence-corrected chi connectivity index (χ1v) is 4.68. The zero-order valence-corrected chi connectivity index (χ0v) is 9.11.